The lowest BCUT2D eigenvalue weighted by atomic mass is 10.3. The lowest BCUT2D eigenvalue weighted by molar-refractivity contribution is -0.114. The van der Waals surface area contributed by atoms with E-state index in [0.717, 1.165) is 0 Å². The van der Waals surface area contributed by atoms with E-state index in [1.165, 1.54) is 23.1 Å². The third-order valence-electron chi connectivity index (χ3n) is 1.61. The van der Waals surface area contributed by atoms with Crippen molar-refractivity contribution in [1.29, 1.82) is 0 Å². The van der Waals surface area contributed by atoms with Crippen LogP contribution in [-0.2, 0) is 9.67 Å². The van der Waals surface area contributed by atoms with Crippen molar-refractivity contribution >= 4 is 39.9 Å². The van der Waals surface area contributed by atoms with Crippen LogP contribution in [0.25, 0.3) is 0 Å². The van der Waals surface area contributed by atoms with Gasteiger partial charge in [0.05, 0.1) is 0 Å². The Balaban J connectivity index is 2.41. The standard InChI is InChI=1S/C7H5ClN2OS2/c8-5(11)7(10-2-4-13-7)6-9-1-3-12-6/h1-4,10H. The smallest absolute Gasteiger partial charge is 0.265 e. The molecule has 13 heavy (non-hydrogen) atoms. The molecule has 1 aromatic rings. The predicted molar refractivity (Wildman–Crippen MR) is 54.5 cm³/mol. The maximum absolute atomic E-state index is 11.3. The van der Waals surface area contributed by atoms with Gasteiger partial charge in [-0.3, -0.25) is 4.79 Å². The van der Waals surface area contributed by atoms with Gasteiger partial charge >= 0.3 is 0 Å². The Morgan fingerprint density at radius 1 is 1.69 bits per heavy atom. The highest BCUT2D eigenvalue weighted by molar-refractivity contribution is 8.04. The molecule has 68 valence electrons. The molecule has 1 aliphatic rings. The molecule has 2 rings (SSSR count). The number of rotatable bonds is 2. The Kier molecular flexibility index (Phi) is 2.31. The summed E-state index contributed by atoms with van der Waals surface area (Å²) in [5.41, 5.74) is 0. The Hall–Kier alpha value is -0.520. The van der Waals surface area contributed by atoms with Crippen LogP contribution in [0.3, 0.4) is 0 Å². The molecule has 1 aromatic heterocycles. The third kappa shape index (κ3) is 1.37. The maximum atomic E-state index is 11.3. The molecule has 0 fully saturated rings. The Labute approximate surface area is 88.2 Å². The quantitative estimate of drug-likeness (QED) is 0.791. The average Bonchev–Trinajstić information content (AvgIpc) is 2.75. The zero-order valence-corrected chi connectivity index (χ0v) is 8.75. The van der Waals surface area contributed by atoms with E-state index in [9.17, 15) is 4.79 Å². The maximum Gasteiger partial charge on any atom is 0.265 e. The van der Waals surface area contributed by atoms with E-state index in [0.29, 0.717) is 5.01 Å². The summed E-state index contributed by atoms with van der Waals surface area (Å²) in [5.74, 6) is 0. The number of halogens is 1. The van der Waals surface area contributed by atoms with E-state index in [1.54, 1.807) is 17.8 Å². The fourth-order valence-corrected chi connectivity index (χ4v) is 3.05. The zero-order valence-electron chi connectivity index (χ0n) is 6.36. The molecule has 2 heterocycles. The topological polar surface area (TPSA) is 42.0 Å². The predicted octanol–water partition coefficient (Wildman–Crippen LogP) is 1.87. The molecule has 1 N–H and O–H groups in total. The molecule has 1 aliphatic heterocycles. The number of carbonyl (C=O) groups is 1. The number of hydrogen-bond donors (Lipinski definition) is 1. The van der Waals surface area contributed by atoms with Gasteiger partial charge in [-0.15, -0.1) is 11.3 Å². The molecule has 0 saturated carbocycles. The summed E-state index contributed by atoms with van der Waals surface area (Å²) in [7, 11) is 0. The van der Waals surface area contributed by atoms with E-state index < -0.39 is 10.1 Å². The number of aromatic nitrogens is 1. The van der Waals surface area contributed by atoms with Crippen molar-refractivity contribution in [2.24, 2.45) is 0 Å². The largest absolute Gasteiger partial charge is 0.363 e. The van der Waals surface area contributed by atoms with Crippen LogP contribution in [0.5, 0.6) is 0 Å². The second-order valence-corrected chi connectivity index (χ2v) is 4.72. The van der Waals surface area contributed by atoms with Crippen LogP contribution in [0.1, 0.15) is 5.01 Å². The summed E-state index contributed by atoms with van der Waals surface area (Å²) in [5, 5.41) is 6.77. The van der Waals surface area contributed by atoms with E-state index in [1.807, 2.05) is 5.38 Å². The van der Waals surface area contributed by atoms with Crippen molar-refractivity contribution in [1.82, 2.24) is 10.3 Å². The average molecular weight is 233 g/mol. The molecule has 0 spiro atoms. The van der Waals surface area contributed by atoms with Gasteiger partial charge in [-0.05, 0) is 17.0 Å². The summed E-state index contributed by atoms with van der Waals surface area (Å²) < 4.78 is 0. The molecular weight excluding hydrogens is 228 g/mol. The molecule has 0 aromatic carbocycles. The molecule has 0 amide bonds. The SMILES string of the molecule is O=C(Cl)C1(c2nccs2)NC=CS1. The molecule has 3 nitrogen and oxygen atoms in total. The lowest BCUT2D eigenvalue weighted by Crippen LogP contribution is -2.38. The molecule has 0 bridgehead atoms. The Morgan fingerprint density at radius 2 is 2.54 bits per heavy atom. The van der Waals surface area contributed by atoms with Crippen molar-refractivity contribution in [2.45, 2.75) is 4.87 Å². The monoisotopic (exact) mass is 232 g/mol. The third-order valence-corrected chi connectivity index (χ3v) is 4.15. The second kappa shape index (κ2) is 3.32. The first-order chi connectivity index (χ1) is 6.26. The Bertz CT molecular complexity index is 341. The molecule has 6 heteroatoms. The van der Waals surface area contributed by atoms with E-state index in [4.69, 9.17) is 11.6 Å². The number of hydrogen-bond acceptors (Lipinski definition) is 5. The van der Waals surface area contributed by atoms with E-state index in [2.05, 4.69) is 10.3 Å². The van der Waals surface area contributed by atoms with Crippen LogP contribution in [-0.4, -0.2) is 10.2 Å². The number of nitrogens with zero attached hydrogens (tertiary/aromatic N) is 1. The fraction of sp³-hybridized carbons (Fsp3) is 0.143. The first-order valence-electron chi connectivity index (χ1n) is 3.46. The van der Waals surface area contributed by atoms with Crippen LogP contribution in [0, 0.1) is 0 Å². The molecule has 0 saturated heterocycles. The summed E-state index contributed by atoms with van der Waals surface area (Å²) in [6.45, 7) is 0. The first-order valence-corrected chi connectivity index (χ1v) is 5.60. The normalized spacial score (nSPS) is 25.9. The summed E-state index contributed by atoms with van der Waals surface area (Å²) in [6, 6.07) is 0. The number of nitrogens with one attached hydrogen (secondary N) is 1. The minimum absolute atomic E-state index is 0.447. The van der Waals surface area contributed by atoms with E-state index >= 15 is 0 Å². The zero-order chi connectivity index (χ0) is 9.31. The molecular formula is C7H5ClN2OS2. The Morgan fingerprint density at radius 3 is 3.00 bits per heavy atom. The van der Waals surface area contributed by atoms with Crippen LogP contribution >= 0.6 is 34.7 Å². The van der Waals surface area contributed by atoms with Gasteiger partial charge in [-0.1, -0.05) is 11.8 Å². The van der Waals surface area contributed by atoms with Crippen LogP contribution in [0.15, 0.2) is 23.2 Å². The van der Waals surface area contributed by atoms with Gasteiger partial charge in [0, 0.05) is 17.8 Å². The second-order valence-electron chi connectivity index (χ2n) is 2.36. The minimum Gasteiger partial charge on any atom is -0.363 e. The molecule has 0 radical (unpaired) electrons. The fourth-order valence-electron chi connectivity index (χ4n) is 1.02. The number of thiazole rings is 1. The van der Waals surface area contributed by atoms with Gasteiger partial charge in [-0.2, -0.15) is 0 Å². The van der Waals surface area contributed by atoms with Gasteiger partial charge in [0.15, 0.2) is 0 Å². The number of thioether (sulfide) groups is 1. The van der Waals surface area contributed by atoms with Gasteiger partial charge in [0.25, 0.3) is 5.24 Å². The van der Waals surface area contributed by atoms with Gasteiger partial charge in [0.2, 0.25) is 4.87 Å². The van der Waals surface area contributed by atoms with Crippen molar-refractivity contribution < 1.29 is 4.79 Å². The highest BCUT2D eigenvalue weighted by atomic mass is 35.5. The van der Waals surface area contributed by atoms with Crippen LogP contribution in [0.2, 0.25) is 0 Å². The highest BCUT2D eigenvalue weighted by Gasteiger charge is 2.43. The number of carbonyl (C=O) groups excluding carboxylic acids is 1. The van der Waals surface area contributed by atoms with Crippen molar-refractivity contribution in [2.75, 3.05) is 0 Å². The first kappa shape index (κ1) is 9.05. The van der Waals surface area contributed by atoms with Gasteiger partial charge < -0.3 is 5.32 Å². The lowest BCUT2D eigenvalue weighted by Gasteiger charge is -2.21. The molecule has 0 aliphatic carbocycles. The highest BCUT2D eigenvalue weighted by Crippen LogP contribution is 2.40. The van der Waals surface area contributed by atoms with Gasteiger partial charge in [0.1, 0.15) is 5.01 Å². The summed E-state index contributed by atoms with van der Waals surface area (Å²) in [6.07, 6.45) is 3.36. The summed E-state index contributed by atoms with van der Waals surface area (Å²) >= 11 is 8.27. The van der Waals surface area contributed by atoms with Crippen LogP contribution < -0.4 is 5.32 Å². The summed E-state index contributed by atoms with van der Waals surface area (Å²) in [4.78, 5) is 14.5. The molecule has 1 atom stereocenters. The van der Waals surface area contributed by atoms with Crippen molar-refractivity contribution in [3.63, 3.8) is 0 Å². The molecule has 1 unspecified atom stereocenters. The van der Waals surface area contributed by atoms with Crippen molar-refractivity contribution in [3.05, 3.63) is 28.2 Å². The van der Waals surface area contributed by atoms with Crippen molar-refractivity contribution in [3.8, 4) is 0 Å². The van der Waals surface area contributed by atoms with Gasteiger partial charge in [-0.25, -0.2) is 4.98 Å². The van der Waals surface area contributed by atoms with E-state index in [-0.39, 0.29) is 0 Å². The minimum atomic E-state index is -0.893. The van der Waals surface area contributed by atoms with Crippen LogP contribution in [0.4, 0.5) is 0 Å².